The second-order valence-corrected chi connectivity index (χ2v) is 13.9. The summed E-state index contributed by atoms with van der Waals surface area (Å²) in [5, 5.41) is 3.01. The molecule has 0 aliphatic carbocycles. The molecule has 2 fully saturated rings. The van der Waals surface area contributed by atoms with Gasteiger partial charge in [0.2, 0.25) is 11.9 Å². The molecule has 294 valence electrons. The number of carbonyl (C=O) groups is 2. The third-order valence-electron chi connectivity index (χ3n) is 10.3. The molecule has 5 aromatic rings. The lowest BCUT2D eigenvalue weighted by Crippen LogP contribution is -2.40. The fourth-order valence-corrected chi connectivity index (χ4v) is 7.16. The number of nitrogens with zero attached hydrogens (tertiary/aromatic N) is 8. The summed E-state index contributed by atoms with van der Waals surface area (Å²) in [7, 11) is 3.31. The number of fused-ring (bicyclic) bond motifs is 1. The van der Waals surface area contributed by atoms with Crippen molar-refractivity contribution in [3.63, 3.8) is 0 Å². The minimum absolute atomic E-state index is 0.0914. The Kier molecular flexibility index (Phi) is 11.4. The van der Waals surface area contributed by atoms with Crippen LogP contribution in [-0.4, -0.2) is 110 Å². The van der Waals surface area contributed by atoms with Gasteiger partial charge in [-0.2, -0.15) is 4.98 Å². The van der Waals surface area contributed by atoms with E-state index in [1.807, 2.05) is 48.5 Å². The van der Waals surface area contributed by atoms with Crippen molar-refractivity contribution < 1.29 is 28.5 Å². The van der Waals surface area contributed by atoms with Crippen molar-refractivity contribution in [2.75, 3.05) is 93.4 Å². The number of anilines is 4. The zero-order valence-corrected chi connectivity index (χ0v) is 32.1. The highest BCUT2D eigenvalue weighted by Crippen LogP contribution is 2.36. The van der Waals surface area contributed by atoms with Crippen molar-refractivity contribution in [1.82, 2.24) is 24.8 Å². The van der Waals surface area contributed by atoms with Gasteiger partial charge in [0, 0.05) is 80.6 Å². The SMILES string of the molecule is COc1ccc(CN(Cc2ccc(OC)cc2)c2ncc(-c3nc(N4CCOCC4)nc4c3CCN4C(=O)Nc3cccc(C(=O)N4CCOCC4)c3)cn2)cc1. The Morgan fingerprint density at radius 3 is 2.00 bits per heavy atom. The Balaban J connectivity index is 1.07. The van der Waals surface area contributed by atoms with E-state index >= 15 is 0 Å². The number of morpholine rings is 2. The van der Waals surface area contributed by atoms with Crippen molar-refractivity contribution in [2.45, 2.75) is 19.5 Å². The van der Waals surface area contributed by atoms with E-state index in [-0.39, 0.29) is 11.9 Å². The van der Waals surface area contributed by atoms with Crippen LogP contribution in [0.3, 0.4) is 0 Å². The third kappa shape index (κ3) is 8.59. The fraction of sp³-hybridized carbons (Fsp3) is 0.333. The lowest BCUT2D eigenvalue weighted by Gasteiger charge is -2.28. The van der Waals surface area contributed by atoms with Crippen LogP contribution in [0.2, 0.25) is 0 Å². The Labute approximate surface area is 331 Å². The quantitative estimate of drug-likeness (QED) is 0.192. The summed E-state index contributed by atoms with van der Waals surface area (Å²) in [6.45, 7) is 5.96. The normalized spacial score (nSPS) is 15.2. The van der Waals surface area contributed by atoms with Gasteiger partial charge in [-0.15, -0.1) is 0 Å². The van der Waals surface area contributed by atoms with Crippen molar-refractivity contribution >= 4 is 35.3 Å². The number of hydrogen-bond acceptors (Lipinski definition) is 12. The van der Waals surface area contributed by atoms with E-state index in [0.717, 1.165) is 33.8 Å². The molecule has 57 heavy (non-hydrogen) atoms. The number of carbonyl (C=O) groups excluding carboxylic acids is 2. The van der Waals surface area contributed by atoms with Gasteiger partial charge >= 0.3 is 6.03 Å². The van der Waals surface area contributed by atoms with Crippen LogP contribution in [0, 0.1) is 0 Å². The zero-order valence-electron chi connectivity index (χ0n) is 32.1. The van der Waals surface area contributed by atoms with Crippen molar-refractivity contribution in [3.8, 4) is 22.8 Å². The first-order valence-corrected chi connectivity index (χ1v) is 19.1. The maximum atomic E-state index is 14.0. The number of nitrogens with one attached hydrogen (secondary N) is 1. The van der Waals surface area contributed by atoms with E-state index in [4.69, 9.17) is 38.9 Å². The highest BCUT2D eigenvalue weighted by molar-refractivity contribution is 6.04. The predicted octanol–water partition coefficient (Wildman–Crippen LogP) is 5.06. The van der Waals surface area contributed by atoms with Crippen LogP contribution in [0.4, 0.5) is 28.2 Å². The van der Waals surface area contributed by atoms with Gasteiger partial charge in [0.05, 0.1) is 46.3 Å². The van der Waals surface area contributed by atoms with Gasteiger partial charge in [-0.3, -0.25) is 9.69 Å². The van der Waals surface area contributed by atoms with E-state index in [2.05, 4.69) is 15.1 Å². The van der Waals surface area contributed by atoms with E-state index in [1.54, 1.807) is 60.7 Å². The summed E-state index contributed by atoms with van der Waals surface area (Å²) in [6.07, 6.45) is 4.13. The van der Waals surface area contributed by atoms with Crippen LogP contribution >= 0.6 is 0 Å². The molecule has 3 amide bonds. The summed E-state index contributed by atoms with van der Waals surface area (Å²) in [5.74, 6) is 3.08. The molecule has 2 aromatic heterocycles. The molecular formula is C42H45N9O6. The highest BCUT2D eigenvalue weighted by atomic mass is 16.5. The topological polar surface area (TPSA) is 148 Å². The standard InChI is InChI=1S/C42H45N9O6/c1-54-34-10-6-29(7-11-34)27-50(28-30-8-12-35(55-2)13-9-30)40-43-25-32(26-44-40)37-36-14-15-51(38(36)47-41(46-37)49-18-22-57-23-19-49)42(53)45-33-5-3-4-31(24-33)39(52)48-16-20-56-21-17-48/h3-13,24-26H,14-23,27-28H2,1-2H3,(H,45,53). The van der Waals surface area contributed by atoms with E-state index in [9.17, 15) is 9.59 Å². The minimum Gasteiger partial charge on any atom is -0.497 e. The molecule has 5 heterocycles. The lowest BCUT2D eigenvalue weighted by molar-refractivity contribution is 0.0303. The first-order chi connectivity index (χ1) is 27.9. The molecule has 1 N–H and O–H groups in total. The largest absolute Gasteiger partial charge is 0.497 e. The van der Waals surface area contributed by atoms with Crippen LogP contribution in [0.25, 0.3) is 11.3 Å². The van der Waals surface area contributed by atoms with Crippen LogP contribution < -0.4 is 29.5 Å². The average Bonchev–Trinajstić information content (AvgIpc) is 3.71. The highest BCUT2D eigenvalue weighted by Gasteiger charge is 2.32. The molecule has 2 saturated heterocycles. The first kappa shape index (κ1) is 37.6. The number of aromatic nitrogens is 4. The molecule has 0 radical (unpaired) electrons. The number of amides is 3. The summed E-state index contributed by atoms with van der Waals surface area (Å²) in [6, 6.07) is 22.6. The van der Waals surface area contributed by atoms with Crippen molar-refractivity contribution in [2.24, 2.45) is 0 Å². The maximum Gasteiger partial charge on any atom is 0.327 e. The number of benzene rings is 3. The van der Waals surface area contributed by atoms with Gasteiger partial charge in [0.15, 0.2) is 0 Å². The molecule has 15 nitrogen and oxygen atoms in total. The second kappa shape index (κ2) is 17.2. The summed E-state index contributed by atoms with van der Waals surface area (Å²) in [5.41, 5.74) is 5.42. The van der Waals surface area contributed by atoms with Crippen LogP contribution in [-0.2, 0) is 29.0 Å². The van der Waals surface area contributed by atoms with Gasteiger partial charge < -0.3 is 39.0 Å². The molecule has 3 aliphatic heterocycles. The molecule has 0 spiro atoms. The molecule has 0 saturated carbocycles. The Morgan fingerprint density at radius 2 is 1.39 bits per heavy atom. The Hall–Kier alpha value is -6.32. The first-order valence-electron chi connectivity index (χ1n) is 19.1. The molecule has 3 aliphatic rings. The minimum atomic E-state index is -0.346. The molecule has 8 rings (SSSR count). The average molecular weight is 772 g/mol. The van der Waals surface area contributed by atoms with Crippen molar-refractivity contribution in [3.05, 3.63) is 107 Å². The van der Waals surface area contributed by atoms with E-state index in [0.29, 0.717) is 113 Å². The molecule has 0 bridgehead atoms. The molecule has 15 heteroatoms. The van der Waals surface area contributed by atoms with E-state index in [1.165, 1.54) is 0 Å². The van der Waals surface area contributed by atoms with Gasteiger partial charge in [-0.25, -0.2) is 19.7 Å². The summed E-state index contributed by atoms with van der Waals surface area (Å²) < 4.78 is 21.8. The maximum absolute atomic E-state index is 14.0. The smallest absolute Gasteiger partial charge is 0.327 e. The Morgan fingerprint density at radius 1 is 0.772 bits per heavy atom. The van der Waals surface area contributed by atoms with Gasteiger partial charge in [-0.05, 0) is 60.0 Å². The van der Waals surface area contributed by atoms with Crippen LogP contribution in [0.15, 0.2) is 85.2 Å². The molecule has 3 aromatic carbocycles. The number of hydrogen-bond donors (Lipinski definition) is 1. The summed E-state index contributed by atoms with van der Waals surface area (Å²) >= 11 is 0. The third-order valence-corrected chi connectivity index (χ3v) is 10.3. The van der Waals surface area contributed by atoms with Gasteiger partial charge in [0.25, 0.3) is 5.91 Å². The van der Waals surface area contributed by atoms with E-state index < -0.39 is 0 Å². The molecule has 0 unspecified atom stereocenters. The zero-order chi connectivity index (χ0) is 39.1. The molecular weight excluding hydrogens is 727 g/mol. The Bertz CT molecular complexity index is 2130. The van der Waals surface area contributed by atoms with Gasteiger partial charge in [0.1, 0.15) is 17.3 Å². The van der Waals surface area contributed by atoms with Crippen LogP contribution in [0.5, 0.6) is 11.5 Å². The predicted molar refractivity (Wildman–Crippen MR) is 215 cm³/mol. The lowest BCUT2D eigenvalue weighted by atomic mass is 10.1. The molecule has 0 atom stereocenters. The number of methoxy groups -OCH3 is 2. The van der Waals surface area contributed by atoms with Gasteiger partial charge in [-0.1, -0.05) is 30.3 Å². The monoisotopic (exact) mass is 771 g/mol. The number of rotatable bonds is 11. The van der Waals surface area contributed by atoms with Crippen molar-refractivity contribution in [1.29, 1.82) is 0 Å². The number of urea groups is 1. The number of ether oxygens (including phenoxy) is 4. The fourth-order valence-electron chi connectivity index (χ4n) is 7.16. The van der Waals surface area contributed by atoms with Crippen LogP contribution in [0.1, 0.15) is 27.0 Å². The summed E-state index contributed by atoms with van der Waals surface area (Å²) in [4.78, 5) is 54.5. The second-order valence-electron chi connectivity index (χ2n) is 13.9.